The molecule has 0 fully saturated rings. The normalized spacial score (nSPS) is 11.2. The van der Waals surface area contributed by atoms with Gasteiger partial charge >= 0.3 is 5.97 Å². The lowest BCUT2D eigenvalue weighted by atomic mass is 9.85. The summed E-state index contributed by atoms with van der Waals surface area (Å²) >= 11 is 0. The Balaban J connectivity index is 3.06. The number of carboxylic acid groups (broad SMARTS) is 1. The van der Waals surface area contributed by atoms with E-state index in [1.165, 1.54) is 0 Å². The van der Waals surface area contributed by atoms with Gasteiger partial charge in [0.25, 0.3) is 0 Å². The zero-order chi connectivity index (χ0) is 9.19. The molecular weight excluding hydrogens is 152 g/mol. The maximum atomic E-state index is 10.8. The van der Waals surface area contributed by atoms with Gasteiger partial charge in [-0.2, -0.15) is 0 Å². The summed E-state index contributed by atoms with van der Waals surface area (Å²) in [6.07, 6.45) is 0. The van der Waals surface area contributed by atoms with E-state index >= 15 is 0 Å². The topological polar surface area (TPSA) is 37.3 Å². The predicted molar refractivity (Wildman–Crippen MR) is 45.9 cm³/mol. The number of carboxylic acids is 1. The smallest absolute Gasteiger partial charge is 0.313 e. The maximum absolute atomic E-state index is 10.8. The summed E-state index contributed by atoms with van der Waals surface area (Å²) in [7, 11) is 0. The van der Waals surface area contributed by atoms with Crippen molar-refractivity contribution >= 4 is 5.97 Å². The third-order valence-corrected chi connectivity index (χ3v) is 1.97. The van der Waals surface area contributed by atoms with E-state index < -0.39 is 11.4 Å². The van der Waals surface area contributed by atoms with Gasteiger partial charge in [-0.25, -0.2) is 0 Å². The van der Waals surface area contributed by atoms with Crippen LogP contribution in [-0.2, 0) is 10.2 Å². The Labute approximate surface area is 71.8 Å². The molecule has 0 saturated carbocycles. The molecule has 0 aliphatic heterocycles. The van der Waals surface area contributed by atoms with Crippen molar-refractivity contribution in [1.29, 1.82) is 0 Å². The van der Waals surface area contributed by atoms with E-state index in [9.17, 15) is 4.79 Å². The lowest BCUT2D eigenvalue weighted by Gasteiger charge is -2.18. The molecule has 0 bridgehead atoms. The zero-order valence-electron chi connectivity index (χ0n) is 7.16. The van der Waals surface area contributed by atoms with Gasteiger partial charge < -0.3 is 5.11 Å². The molecule has 63 valence electrons. The Kier molecular flexibility index (Phi) is 2.18. The number of carbonyl (C=O) groups is 1. The molecule has 0 spiro atoms. The third-order valence-electron chi connectivity index (χ3n) is 1.97. The average molecular weight is 163 g/mol. The second kappa shape index (κ2) is 2.97. The standard InChI is InChI=1S/C10H11O2/c1-10(2,9(11)12)8-6-4-3-5-7-8/h4-7H,1-2H3,(H,11,12). The SMILES string of the molecule is CC(C)(C(=O)O)c1cc[c]cc1. The van der Waals surface area contributed by atoms with Gasteiger partial charge in [0.05, 0.1) is 5.41 Å². The molecule has 0 unspecified atom stereocenters. The van der Waals surface area contributed by atoms with Crippen molar-refractivity contribution in [3.8, 4) is 0 Å². The van der Waals surface area contributed by atoms with Gasteiger partial charge in [0.15, 0.2) is 0 Å². The van der Waals surface area contributed by atoms with Gasteiger partial charge in [-0.1, -0.05) is 24.3 Å². The quantitative estimate of drug-likeness (QED) is 0.722. The first-order chi connectivity index (χ1) is 5.55. The van der Waals surface area contributed by atoms with E-state index in [1.807, 2.05) is 0 Å². The molecule has 1 N–H and O–H groups in total. The van der Waals surface area contributed by atoms with Crippen molar-refractivity contribution in [3.63, 3.8) is 0 Å². The van der Waals surface area contributed by atoms with E-state index in [1.54, 1.807) is 38.1 Å². The lowest BCUT2D eigenvalue weighted by Crippen LogP contribution is -2.28. The van der Waals surface area contributed by atoms with Crippen LogP contribution < -0.4 is 0 Å². The molecule has 0 amide bonds. The fourth-order valence-electron chi connectivity index (χ4n) is 0.927. The summed E-state index contributed by atoms with van der Waals surface area (Å²) in [5, 5.41) is 8.88. The summed E-state index contributed by atoms with van der Waals surface area (Å²) in [5.41, 5.74) is -0.0106. The molecule has 0 heterocycles. The van der Waals surface area contributed by atoms with E-state index in [-0.39, 0.29) is 0 Å². The Morgan fingerprint density at radius 3 is 2.33 bits per heavy atom. The number of hydrogen-bond acceptors (Lipinski definition) is 1. The summed E-state index contributed by atoms with van der Waals surface area (Å²) in [4.78, 5) is 10.8. The molecule has 2 heteroatoms. The van der Waals surface area contributed by atoms with Gasteiger partial charge in [-0.3, -0.25) is 4.79 Å². The molecule has 12 heavy (non-hydrogen) atoms. The Morgan fingerprint density at radius 1 is 1.42 bits per heavy atom. The highest BCUT2D eigenvalue weighted by molar-refractivity contribution is 5.80. The van der Waals surface area contributed by atoms with E-state index in [0.29, 0.717) is 0 Å². The zero-order valence-corrected chi connectivity index (χ0v) is 7.16. The van der Waals surface area contributed by atoms with Crippen LogP contribution in [0.4, 0.5) is 0 Å². The van der Waals surface area contributed by atoms with Gasteiger partial charge in [-0.15, -0.1) is 0 Å². The maximum Gasteiger partial charge on any atom is 0.313 e. The third kappa shape index (κ3) is 1.47. The summed E-state index contributed by atoms with van der Waals surface area (Å²) < 4.78 is 0. The fourth-order valence-corrected chi connectivity index (χ4v) is 0.927. The number of aliphatic carboxylic acids is 1. The number of rotatable bonds is 2. The molecule has 2 nitrogen and oxygen atoms in total. The summed E-state index contributed by atoms with van der Waals surface area (Å²) in [5.74, 6) is -0.811. The Hall–Kier alpha value is -1.31. The fraction of sp³-hybridized carbons (Fsp3) is 0.300. The lowest BCUT2D eigenvalue weighted by molar-refractivity contribution is -0.142. The van der Waals surface area contributed by atoms with Gasteiger partial charge in [-0.05, 0) is 25.5 Å². The number of hydrogen-bond donors (Lipinski definition) is 1. The Bertz CT molecular complexity index is 275. The van der Waals surface area contributed by atoms with Gasteiger partial charge in [0.2, 0.25) is 0 Å². The minimum Gasteiger partial charge on any atom is -0.481 e. The number of benzene rings is 1. The monoisotopic (exact) mass is 163 g/mol. The molecular formula is C10H11O2. The molecule has 0 atom stereocenters. The van der Waals surface area contributed by atoms with Crippen LogP contribution in [0.25, 0.3) is 0 Å². The van der Waals surface area contributed by atoms with Crippen molar-refractivity contribution in [2.45, 2.75) is 19.3 Å². The highest BCUT2D eigenvalue weighted by Gasteiger charge is 2.28. The predicted octanol–water partition coefficient (Wildman–Crippen LogP) is 1.85. The van der Waals surface area contributed by atoms with Crippen LogP contribution >= 0.6 is 0 Å². The first kappa shape index (κ1) is 8.78. The van der Waals surface area contributed by atoms with Crippen LogP contribution in [0, 0.1) is 6.07 Å². The molecule has 1 aromatic rings. The molecule has 1 aromatic carbocycles. The van der Waals surface area contributed by atoms with Crippen molar-refractivity contribution < 1.29 is 9.90 Å². The minimum atomic E-state index is -0.811. The summed E-state index contributed by atoms with van der Waals surface area (Å²) in [6.45, 7) is 3.37. The largest absolute Gasteiger partial charge is 0.481 e. The Morgan fingerprint density at radius 2 is 1.92 bits per heavy atom. The molecule has 1 radical (unpaired) electrons. The highest BCUT2D eigenvalue weighted by Crippen LogP contribution is 2.22. The van der Waals surface area contributed by atoms with Crippen molar-refractivity contribution in [1.82, 2.24) is 0 Å². The molecule has 0 saturated heterocycles. The average Bonchev–Trinajstić information content (AvgIpc) is 2.06. The highest BCUT2D eigenvalue weighted by atomic mass is 16.4. The van der Waals surface area contributed by atoms with E-state index in [0.717, 1.165) is 5.56 Å². The van der Waals surface area contributed by atoms with Crippen molar-refractivity contribution in [2.24, 2.45) is 0 Å². The molecule has 0 aliphatic carbocycles. The summed E-state index contributed by atoms with van der Waals surface area (Å²) in [6, 6.07) is 9.84. The van der Waals surface area contributed by atoms with Crippen LogP contribution in [-0.4, -0.2) is 11.1 Å². The second-order valence-electron chi connectivity index (χ2n) is 3.22. The van der Waals surface area contributed by atoms with E-state index in [2.05, 4.69) is 6.07 Å². The molecule has 1 rings (SSSR count). The van der Waals surface area contributed by atoms with Gasteiger partial charge in [0, 0.05) is 0 Å². The van der Waals surface area contributed by atoms with Crippen LogP contribution in [0.2, 0.25) is 0 Å². The first-order valence-electron chi connectivity index (χ1n) is 3.75. The molecule has 0 aromatic heterocycles. The minimum absolute atomic E-state index is 0.800. The second-order valence-corrected chi connectivity index (χ2v) is 3.22. The van der Waals surface area contributed by atoms with Crippen molar-refractivity contribution in [2.75, 3.05) is 0 Å². The van der Waals surface area contributed by atoms with Crippen LogP contribution in [0.1, 0.15) is 19.4 Å². The van der Waals surface area contributed by atoms with Crippen molar-refractivity contribution in [3.05, 3.63) is 35.9 Å². The van der Waals surface area contributed by atoms with Crippen LogP contribution in [0.5, 0.6) is 0 Å². The molecule has 0 aliphatic rings. The van der Waals surface area contributed by atoms with Crippen LogP contribution in [0.3, 0.4) is 0 Å². The van der Waals surface area contributed by atoms with E-state index in [4.69, 9.17) is 5.11 Å². The van der Waals surface area contributed by atoms with Gasteiger partial charge in [0.1, 0.15) is 0 Å². The van der Waals surface area contributed by atoms with Crippen LogP contribution in [0.15, 0.2) is 24.3 Å². The first-order valence-corrected chi connectivity index (χ1v) is 3.75.